The molecule has 0 spiro atoms. The van der Waals surface area contributed by atoms with Crippen LogP contribution in [0.3, 0.4) is 0 Å². The molecule has 1 N–H and O–H groups in total. The van der Waals surface area contributed by atoms with Gasteiger partial charge in [0, 0.05) is 5.92 Å². The summed E-state index contributed by atoms with van der Waals surface area (Å²) in [5, 5.41) is 2.66. The van der Waals surface area contributed by atoms with Crippen LogP contribution >= 0.6 is 12.6 Å². The van der Waals surface area contributed by atoms with E-state index in [1.165, 1.54) is 22.3 Å². The summed E-state index contributed by atoms with van der Waals surface area (Å²) in [6.45, 7) is 2.50. The Morgan fingerprint density at radius 3 is 2.28 bits per heavy atom. The monoisotopic (exact) mass is 355 g/mol. The molecule has 0 radical (unpaired) electrons. The normalized spacial score (nSPS) is 13.8. The maximum atomic E-state index is 12.1. The van der Waals surface area contributed by atoms with Crippen LogP contribution in [0.2, 0.25) is 0 Å². The van der Waals surface area contributed by atoms with Crippen molar-refractivity contribution in [1.82, 2.24) is 5.32 Å². The number of ether oxygens (including phenoxy) is 1. The summed E-state index contributed by atoms with van der Waals surface area (Å²) in [4.78, 5) is 12.1. The number of thiol groups is 1. The molecule has 0 saturated carbocycles. The molecule has 4 heteroatoms. The number of amides is 1. The fourth-order valence-electron chi connectivity index (χ4n) is 3.44. The zero-order chi connectivity index (χ0) is 17.6. The maximum absolute atomic E-state index is 12.1. The first kappa shape index (κ1) is 17.9. The second-order valence-electron chi connectivity index (χ2n) is 6.48. The third kappa shape index (κ3) is 4.18. The Labute approximate surface area is 155 Å². The molecule has 1 amide bonds. The van der Waals surface area contributed by atoms with Crippen molar-refractivity contribution in [1.29, 1.82) is 0 Å². The fraction of sp³-hybridized carbons (Fsp3) is 0.381. The summed E-state index contributed by atoms with van der Waals surface area (Å²) in [6.07, 6.45) is 3.85. The summed E-state index contributed by atoms with van der Waals surface area (Å²) in [6, 6.07) is 16.7. The van der Waals surface area contributed by atoms with Gasteiger partial charge >= 0.3 is 6.09 Å². The highest BCUT2D eigenvalue weighted by Gasteiger charge is 2.29. The Morgan fingerprint density at radius 2 is 1.68 bits per heavy atom. The van der Waals surface area contributed by atoms with Gasteiger partial charge in [-0.25, -0.2) is 4.79 Å². The van der Waals surface area contributed by atoms with Crippen LogP contribution in [0.15, 0.2) is 48.5 Å². The molecule has 1 atom stereocenters. The van der Waals surface area contributed by atoms with Crippen LogP contribution in [-0.2, 0) is 4.74 Å². The van der Waals surface area contributed by atoms with E-state index in [4.69, 9.17) is 4.74 Å². The minimum Gasteiger partial charge on any atom is -0.449 e. The Morgan fingerprint density at radius 1 is 1.08 bits per heavy atom. The van der Waals surface area contributed by atoms with E-state index in [1.807, 2.05) is 24.3 Å². The van der Waals surface area contributed by atoms with E-state index in [-0.39, 0.29) is 11.3 Å². The second kappa shape index (κ2) is 8.43. The predicted molar refractivity (Wildman–Crippen MR) is 105 cm³/mol. The standard InChI is InChI=1S/C21H25NO2S/c1-2-3-4-13-20(25)22-21(23)24-14-19-17-11-7-5-9-15(17)16-10-6-8-12-18(16)19/h5-12,19-20,25H,2-4,13-14H2,1H3,(H,22,23). The highest BCUT2D eigenvalue weighted by Crippen LogP contribution is 2.44. The number of alkyl carbamates (subject to hydrolysis) is 1. The number of rotatable bonds is 7. The van der Waals surface area contributed by atoms with Gasteiger partial charge in [0.25, 0.3) is 0 Å². The molecule has 2 aromatic carbocycles. The van der Waals surface area contributed by atoms with Gasteiger partial charge < -0.3 is 10.1 Å². The molecule has 0 heterocycles. The second-order valence-corrected chi connectivity index (χ2v) is 7.10. The molecule has 0 aromatic heterocycles. The van der Waals surface area contributed by atoms with Gasteiger partial charge in [0.15, 0.2) is 0 Å². The topological polar surface area (TPSA) is 38.3 Å². The Bertz CT molecular complexity index is 686. The largest absolute Gasteiger partial charge is 0.449 e. The van der Waals surface area contributed by atoms with E-state index >= 15 is 0 Å². The van der Waals surface area contributed by atoms with Crippen molar-refractivity contribution in [2.75, 3.05) is 6.61 Å². The van der Waals surface area contributed by atoms with Crippen LogP contribution in [0.5, 0.6) is 0 Å². The Balaban J connectivity index is 1.61. The van der Waals surface area contributed by atoms with Crippen LogP contribution in [0.1, 0.15) is 49.7 Å². The molecular formula is C21H25NO2S. The van der Waals surface area contributed by atoms with E-state index in [1.54, 1.807) is 0 Å². The lowest BCUT2D eigenvalue weighted by Crippen LogP contribution is -2.32. The first-order chi connectivity index (χ1) is 12.2. The maximum Gasteiger partial charge on any atom is 0.408 e. The predicted octanol–water partition coefficient (Wildman–Crippen LogP) is 5.36. The third-order valence-electron chi connectivity index (χ3n) is 4.71. The van der Waals surface area contributed by atoms with Crippen LogP contribution in [0.4, 0.5) is 4.79 Å². The van der Waals surface area contributed by atoms with Gasteiger partial charge in [-0.05, 0) is 28.7 Å². The van der Waals surface area contributed by atoms with Gasteiger partial charge in [-0.1, -0.05) is 74.7 Å². The average Bonchev–Trinajstić information content (AvgIpc) is 2.94. The molecule has 0 aliphatic heterocycles. The molecule has 3 rings (SSSR count). The van der Waals surface area contributed by atoms with Gasteiger partial charge in [0.1, 0.15) is 6.61 Å². The van der Waals surface area contributed by atoms with Crippen LogP contribution in [-0.4, -0.2) is 18.1 Å². The van der Waals surface area contributed by atoms with Gasteiger partial charge in [-0.2, -0.15) is 12.6 Å². The van der Waals surface area contributed by atoms with Gasteiger partial charge in [0.2, 0.25) is 0 Å². The van der Waals surface area contributed by atoms with Crippen LogP contribution in [0, 0.1) is 0 Å². The number of unbranched alkanes of at least 4 members (excludes halogenated alkanes) is 2. The molecule has 2 aromatic rings. The molecule has 1 aliphatic rings. The number of carbonyl (C=O) groups is 1. The summed E-state index contributed by atoms with van der Waals surface area (Å²) in [5.41, 5.74) is 4.92. The Hall–Kier alpha value is -1.94. The first-order valence-corrected chi connectivity index (χ1v) is 9.52. The van der Waals surface area contributed by atoms with Crippen molar-refractivity contribution in [3.63, 3.8) is 0 Å². The Kier molecular flexibility index (Phi) is 6.03. The lowest BCUT2D eigenvalue weighted by Gasteiger charge is -2.16. The van der Waals surface area contributed by atoms with E-state index in [0.29, 0.717) is 6.61 Å². The molecule has 1 unspecified atom stereocenters. The number of carbonyl (C=O) groups excluding carboxylic acids is 1. The minimum absolute atomic E-state index is 0.0941. The highest BCUT2D eigenvalue weighted by atomic mass is 32.1. The van der Waals surface area contributed by atoms with Gasteiger partial charge in [-0.15, -0.1) is 0 Å². The number of nitrogens with one attached hydrogen (secondary N) is 1. The SMILES string of the molecule is CCCCCC(S)NC(=O)OCC1c2ccccc2-c2ccccc21. The van der Waals surface area contributed by atoms with Crippen molar-refractivity contribution in [2.24, 2.45) is 0 Å². The molecule has 0 bridgehead atoms. The first-order valence-electron chi connectivity index (χ1n) is 9.00. The number of hydrogen-bond donors (Lipinski definition) is 2. The number of hydrogen-bond acceptors (Lipinski definition) is 3. The van der Waals surface area contributed by atoms with Crippen molar-refractivity contribution in [3.8, 4) is 11.1 Å². The summed E-state index contributed by atoms with van der Waals surface area (Å²) in [7, 11) is 0. The van der Waals surface area contributed by atoms with E-state index in [0.717, 1.165) is 25.7 Å². The molecule has 0 fully saturated rings. The smallest absolute Gasteiger partial charge is 0.408 e. The third-order valence-corrected chi connectivity index (χ3v) is 5.10. The van der Waals surface area contributed by atoms with E-state index in [9.17, 15) is 4.79 Å². The molecule has 3 nitrogen and oxygen atoms in total. The molecule has 132 valence electrons. The van der Waals surface area contributed by atoms with Crippen molar-refractivity contribution in [2.45, 2.75) is 43.9 Å². The fourth-order valence-corrected chi connectivity index (χ4v) is 3.72. The highest BCUT2D eigenvalue weighted by molar-refractivity contribution is 7.80. The summed E-state index contributed by atoms with van der Waals surface area (Å²) >= 11 is 4.42. The molecular weight excluding hydrogens is 330 g/mol. The lowest BCUT2D eigenvalue weighted by molar-refractivity contribution is 0.142. The van der Waals surface area contributed by atoms with Gasteiger partial charge in [-0.3, -0.25) is 0 Å². The van der Waals surface area contributed by atoms with Crippen molar-refractivity contribution in [3.05, 3.63) is 59.7 Å². The lowest BCUT2D eigenvalue weighted by atomic mass is 9.98. The van der Waals surface area contributed by atoms with Gasteiger partial charge in [0.05, 0.1) is 5.37 Å². The summed E-state index contributed by atoms with van der Waals surface area (Å²) in [5.74, 6) is 0.0941. The zero-order valence-corrected chi connectivity index (χ0v) is 15.5. The minimum atomic E-state index is -0.390. The van der Waals surface area contributed by atoms with Crippen molar-refractivity contribution >= 4 is 18.7 Å². The quantitative estimate of drug-likeness (QED) is 0.398. The molecule has 25 heavy (non-hydrogen) atoms. The zero-order valence-electron chi connectivity index (χ0n) is 14.6. The van der Waals surface area contributed by atoms with E-state index in [2.05, 4.69) is 49.1 Å². The average molecular weight is 356 g/mol. The number of benzene rings is 2. The summed E-state index contributed by atoms with van der Waals surface area (Å²) < 4.78 is 5.52. The van der Waals surface area contributed by atoms with Crippen LogP contribution < -0.4 is 5.32 Å². The number of fused-ring (bicyclic) bond motifs is 3. The molecule has 0 saturated heterocycles. The van der Waals surface area contributed by atoms with E-state index < -0.39 is 6.09 Å². The molecule has 1 aliphatic carbocycles. The van der Waals surface area contributed by atoms with Crippen molar-refractivity contribution < 1.29 is 9.53 Å². The van der Waals surface area contributed by atoms with Crippen LogP contribution in [0.25, 0.3) is 11.1 Å².